The van der Waals surface area contributed by atoms with Crippen LogP contribution in [0.2, 0.25) is 0 Å². The fourth-order valence-corrected chi connectivity index (χ4v) is 0.380. The Kier molecular flexibility index (Phi) is 7.12. The van der Waals surface area contributed by atoms with Gasteiger partial charge in [-0.1, -0.05) is 0 Å². The first-order valence-electron chi connectivity index (χ1n) is 3.89. The van der Waals surface area contributed by atoms with Gasteiger partial charge in [0, 0.05) is 0 Å². The molecule has 124 valence electrons. The maximum Gasteiger partial charge on any atom is 0.529 e. The SMILES string of the molecule is FC(F)(F)OC(F)(F)F.FCC(F)(F)C(F)(F)C(F)F. The van der Waals surface area contributed by atoms with Gasteiger partial charge in [0.15, 0.2) is 6.67 Å². The molecule has 0 atom stereocenters. The molecule has 0 aromatic rings. The molecular formula is C6H3F13O. The van der Waals surface area contributed by atoms with E-state index in [-0.39, 0.29) is 0 Å². The molecular weight excluding hydrogens is 335 g/mol. The summed E-state index contributed by atoms with van der Waals surface area (Å²) in [7, 11) is 0. The Bertz CT molecular complexity index is 264. The average molecular weight is 338 g/mol. The highest BCUT2D eigenvalue weighted by atomic mass is 19.4. The zero-order valence-corrected chi connectivity index (χ0v) is 8.61. The molecule has 14 heteroatoms. The van der Waals surface area contributed by atoms with Crippen LogP contribution in [0.3, 0.4) is 0 Å². The second-order valence-electron chi connectivity index (χ2n) is 2.76. The van der Waals surface area contributed by atoms with Crippen molar-refractivity contribution in [2.45, 2.75) is 31.0 Å². The fourth-order valence-electron chi connectivity index (χ4n) is 0.380. The Morgan fingerprint density at radius 2 is 1.00 bits per heavy atom. The van der Waals surface area contributed by atoms with Crippen LogP contribution in [-0.2, 0) is 4.74 Å². The Hall–Kier alpha value is -0.950. The van der Waals surface area contributed by atoms with Crippen molar-refractivity contribution in [3.63, 3.8) is 0 Å². The van der Waals surface area contributed by atoms with E-state index in [1.807, 2.05) is 0 Å². The van der Waals surface area contributed by atoms with Gasteiger partial charge in [-0.25, -0.2) is 13.2 Å². The number of ether oxygens (including phenoxy) is 1. The third-order valence-electron chi connectivity index (χ3n) is 1.16. The predicted octanol–water partition coefficient (Wildman–Crippen LogP) is 4.53. The van der Waals surface area contributed by atoms with Gasteiger partial charge in [0.05, 0.1) is 0 Å². The lowest BCUT2D eigenvalue weighted by molar-refractivity contribution is -0.463. The molecule has 0 saturated carbocycles. The minimum atomic E-state index is -5.64. The highest BCUT2D eigenvalue weighted by Gasteiger charge is 2.63. The third-order valence-corrected chi connectivity index (χ3v) is 1.16. The lowest BCUT2D eigenvalue weighted by Gasteiger charge is -2.22. The number of halogens is 13. The van der Waals surface area contributed by atoms with Crippen molar-refractivity contribution in [3.8, 4) is 0 Å². The number of hydrogen-bond acceptors (Lipinski definition) is 1. The van der Waals surface area contributed by atoms with Crippen LogP contribution in [0.15, 0.2) is 0 Å². The van der Waals surface area contributed by atoms with E-state index < -0.39 is 37.7 Å². The Labute approximate surface area is 101 Å². The van der Waals surface area contributed by atoms with Gasteiger partial charge in [-0.2, -0.15) is 22.3 Å². The number of rotatable bonds is 3. The first-order chi connectivity index (χ1) is 8.46. The molecule has 0 radical (unpaired) electrons. The van der Waals surface area contributed by atoms with Crippen LogP contribution < -0.4 is 0 Å². The monoisotopic (exact) mass is 338 g/mol. The van der Waals surface area contributed by atoms with Crippen molar-refractivity contribution in [1.29, 1.82) is 0 Å². The van der Waals surface area contributed by atoms with Crippen LogP contribution in [0.4, 0.5) is 57.1 Å². The van der Waals surface area contributed by atoms with Crippen LogP contribution in [-0.4, -0.2) is 37.7 Å². The molecule has 1 nitrogen and oxygen atoms in total. The van der Waals surface area contributed by atoms with Crippen molar-refractivity contribution in [2.75, 3.05) is 6.67 Å². The molecule has 0 amide bonds. The van der Waals surface area contributed by atoms with Crippen molar-refractivity contribution >= 4 is 0 Å². The summed E-state index contributed by atoms with van der Waals surface area (Å²) in [6, 6.07) is 0. The van der Waals surface area contributed by atoms with Gasteiger partial charge in [-0.15, -0.1) is 26.3 Å². The van der Waals surface area contributed by atoms with E-state index in [2.05, 4.69) is 0 Å². The highest BCUT2D eigenvalue weighted by Crippen LogP contribution is 2.39. The Morgan fingerprint density at radius 3 is 1.05 bits per heavy atom. The molecule has 0 aliphatic carbocycles. The zero-order valence-electron chi connectivity index (χ0n) is 8.61. The molecule has 0 unspecified atom stereocenters. The Morgan fingerprint density at radius 1 is 0.700 bits per heavy atom. The summed E-state index contributed by atoms with van der Waals surface area (Å²) in [6.07, 6.45) is -15.8. The molecule has 0 aliphatic rings. The number of alkyl halides is 13. The van der Waals surface area contributed by atoms with Gasteiger partial charge in [0.1, 0.15) is 0 Å². The molecule has 0 N–H and O–H groups in total. The van der Waals surface area contributed by atoms with E-state index in [4.69, 9.17) is 0 Å². The average Bonchev–Trinajstić information content (AvgIpc) is 2.12. The van der Waals surface area contributed by atoms with Gasteiger partial charge < -0.3 is 0 Å². The first kappa shape index (κ1) is 21.4. The van der Waals surface area contributed by atoms with Gasteiger partial charge in [0.2, 0.25) is 0 Å². The maximum atomic E-state index is 11.6. The van der Waals surface area contributed by atoms with Gasteiger partial charge >= 0.3 is 31.0 Å². The van der Waals surface area contributed by atoms with Crippen LogP contribution in [0.5, 0.6) is 0 Å². The van der Waals surface area contributed by atoms with Crippen molar-refractivity contribution in [1.82, 2.24) is 0 Å². The highest BCUT2D eigenvalue weighted by molar-refractivity contribution is 4.86. The molecule has 0 aromatic carbocycles. The van der Waals surface area contributed by atoms with E-state index in [0.29, 0.717) is 0 Å². The zero-order chi connectivity index (χ0) is 17.0. The van der Waals surface area contributed by atoms with E-state index in [1.54, 1.807) is 4.74 Å². The van der Waals surface area contributed by atoms with Gasteiger partial charge in [0.25, 0.3) is 0 Å². The summed E-state index contributed by atoms with van der Waals surface area (Å²) in [5, 5.41) is 0. The largest absolute Gasteiger partial charge is 0.529 e. The smallest absolute Gasteiger partial charge is 0.244 e. The second-order valence-corrected chi connectivity index (χ2v) is 2.76. The van der Waals surface area contributed by atoms with Gasteiger partial charge in [-0.05, 0) is 0 Å². The lowest BCUT2D eigenvalue weighted by Crippen LogP contribution is -2.47. The summed E-state index contributed by atoms with van der Waals surface area (Å²) in [6.45, 7) is -2.80. The van der Waals surface area contributed by atoms with Crippen LogP contribution >= 0.6 is 0 Å². The van der Waals surface area contributed by atoms with Crippen molar-refractivity contribution in [2.24, 2.45) is 0 Å². The molecule has 0 bridgehead atoms. The summed E-state index contributed by atoms with van der Waals surface area (Å²) < 4.78 is 145. The van der Waals surface area contributed by atoms with Gasteiger partial charge in [-0.3, -0.25) is 0 Å². The number of hydrogen-bond donors (Lipinski definition) is 0. The maximum absolute atomic E-state index is 11.6. The molecule has 20 heavy (non-hydrogen) atoms. The molecule has 0 aliphatic heterocycles. The molecule has 0 aromatic heterocycles. The van der Waals surface area contributed by atoms with E-state index in [1.165, 1.54) is 0 Å². The molecule has 0 heterocycles. The quantitative estimate of drug-likeness (QED) is 0.687. The minimum absolute atomic E-state index is 1.62. The summed E-state index contributed by atoms with van der Waals surface area (Å²) >= 11 is 0. The topological polar surface area (TPSA) is 9.23 Å². The Balaban J connectivity index is 0. The normalized spacial score (nSPS) is 14.1. The molecule has 0 rings (SSSR count). The minimum Gasteiger partial charge on any atom is -0.244 e. The van der Waals surface area contributed by atoms with Crippen LogP contribution in [0.25, 0.3) is 0 Å². The summed E-state index contributed by atoms with van der Waals surface area (Å²) in [5.74, 6) is -10.9. The van der Waals surface area contributed by atoms with Crippen LogP contribution in [0, 0.1) is 0 Å². The lowest BCUT2D eigenvalue weighted by atomic mass is 10.2. The van der Waals surface area contributed by atoms with Crippen molar-refractivity contribution < 1.29 is 61.8 Å². The summed E-state index contributed by atoms with van der Waals surface area (Å²) in [5.41, 5.74) is 0. The first-order valence-corrected chi connectivity index (χ1v) is 3.89. The summed E-state index contributed by atoms with van der Waals surface area (Å²) in [4.78, 5) is 0. The molecule has 0 saturated heterocycles. The molecule has 0 spiro atoms. The van der Waals surface area contributed by atoms with Crippen LogP contribution in [0.1, 0.15) is 0 Å². The second kappa shape index (κ2) is 6.67. The predicted molar refractivity (Wildman–Crippen MR) is 35.1 cm³/mol. The van der Waals surface area contributed by atoms with Crippen molar-refractivity contribution in [3.05, 3.63) is 0 Å². The van der Waals surface area contributed by atoms with E-state index >= 15 is 0 Å². The van der Waals surface area contributed by atoms with E-state index in [9.17, 15) is 57.1 Å². The standard InChI is InChI=1S/C4H3F7.C2F6O/c5-1-3(8,9)4(10,11)2(6)7;3-1(4,5)9-2(6,7)8/h2H,1H2;. The fraction of sp³-hybridized carbons (Fsp3) is 1.00. The third kappa shape index (κ3) is 8.27. The van der Waals surface area contributed by atoms with E-state index in [0.717, 1.165) is 0 Å². The molecule has 0 fully saturated rings.